The van der Waals surface area contributed by atoms with Crippen LogP contribution in [0.3, 0.4) is 0 Å². The molecule has 1 aliphatic carbocycles. The van der Waals surface area contributed by atoms with Crippen molar-refractivity contribution in [2.24, 2.45) is 4.99 Å². The zero-order chi connectivity index (χ0) is 25.4. The Labute approximate surface area is 217 Å². The molecule has 2 aromatic rings. The van der Waals surface area contributed by atoms with Crippen molar-refractivity contribution in [3.8, 4) is 0 Å². The van der Waals surface area contributed by atoms with E-state index < -0.39 is 0 Å². The molecule has 0 radical (unpaired) electrons. The Bertz CT molecular complexity index is 1240. The second-order valence-corrected chi connectivity index (χ2v) is 10.0. The number of hydrogen-bond donors (Lipinski definition) is 3. The molecule has 1 atom stereocenters. The summed E-state index contributed by atoms with van der Waals surface area (Å²) in [5.41, 5.74) is 3.80. The average molecular weight is 500 g/mol. The molecular weight excluding hydrogens is 466 g/mol. The molecule has 0 aromatic heterocycles. The van der Waals surface area contributed by atoms with Crippen molar-refractivity contribution in [3.05, 3.63) is 71.2 Å². The van der Waals surface area contributed by atoms with Gasteiger partial charge in [-0.2, -0.15) is 0 Å². The van der Waals surface area contributed by atoms with Gasteiger partial charge in [0.25, 0.3) is 11.8 Å². The number of anilines is 2. The van der Waals surface area contributed by atoms with Crippen LogP contribution in [-0.2, 0) is 0 Å². The molecule has 3 N–H and O–H groups in total. The van der Waals surface area contributed by atoms with Crippen molar-refractivity contribution in [2.75, 3.05) is 43.9 Å². The summed E-state index contributed by atoms with van der Waals surface area (Å²) in [6, 6.07) is 15.6. The minimum atomic E-state index is -0.335. The lowest BCUT2D eigenvalue weighted by Crippen LogP contribution is -2.50. The van der Waals surface area contributed by atoms with Gasteiger partial charge >= 0.3 is 0 Å². The first-order valence-electron chi connectivity index (χ1n) is 13.2. The minimum Gasteiger partial charge on any atom is -0.347 e. The topological polar surface area (TPSA) is 92.3 Å². The molecule has 4 aliphatic rings. The molecule has 3 heterocycles. The van der Waals surface area contributed by atoms with Gasteiger partial charge in [0.2, 0.25) is 0 Å². The highest BCUT2D eigenvalue weighted by Gasteiger charge is 2.38. The second kappa shape index (κ2) is 9.89. The van der Waals surface area contributed by atoms with Gasteiger partial charge in [0.05, 0.1) is 17.5 Å². The van der Waals surface area contributed by atoms with Crippen molar-refractivity contribution in [2.45, 2.75) is 38.0 Å². The number of para-hydroxylation sites is 1. The van der Waals surface area contributed by atoms with Crippen LogP contribution in [0.15, 0.2) is 65.0 Å². The van der Waals surface area contributed by atoms with E-state index in [1.807, 2.05) is 60.5 Å². The fourth-order valence-electron chi connectivity index (χ4n) is 5.68. The first-order chi connectivity index (χ1) is 18.1. The Morgan fingerprint density at radius 2 is 1.76 bits per heavy atom. The lowest BCUT2D eigenvalue weighted by atomic mass is 10.1. The lowest BCUT2D eigenvalue weighted by molar-refractivity contribution is 0.0735. The first-order valence-corrected chi connectivity index (χ1v) is 13.2. The van der Waals surface area contributed by atoms with Gasteiger partial charge in [-0.05, 0) is 49.2 Å². The van der Waals surface area contributed by atoms with Crippen LogP contribution in [0.2, 0.25) is 0 Å². The molecule has 9 nitrogen and oxygen atoms in total. The third-order valence-corrected chi connectivity index (χ3v) is 7.73. The van der Waals surface area contributed by atoms with Crippen molar-refractivity contribution >= 4 is 29.4 Å². The monoisotopic (exact) mass is 499 g/mol. The lowest BCUT2D eigenvalue weighted by Gasteiger charge is -2.41. The third-order valence-electron chi connectivity index (χ3n) is 7.73. The molecule has 6 rings (SSSR count). The number of carbonyl (C=O) groups excluding carboxylic acids is 2. The maximum Gasteiger partial charge on any atom is 0.260 e. The maximum atomic E-state index is 13.2. The Hall–Kier alpha value is -3.85. The molecule has 9 heteroatoms. The van der Waals surface area contributed by atoms with Gasteiger partial charge in [-0.3, -0.25) is 9.59 Å². The van der Waals surface area contributed by atoms with E-state index in [4.69, 9.17) is 4.99 Å². The summed E-state index contributed by atoms with van der Waals surface area (Å²) in [6.45, 7) is 3.13. The molecule has 1 unspecified atom stereocenters. The van der Waals surface area contributed by atoms with E-state index >= 15 is 0 Å². The first kappa shape index (κ1) is 23.5. The van der Waals surface area contributed by atoms with Crippen LogP contribution in [0.5, 0.6) is 0 Å². The highest BCUT2D eigenvalue weighted by molar-refractivity contribution is 6.05. The van der Waals surface area contributed by atoms with E-state index in [-0.39, 0.29) is 18.1 Å². The fourth-order valence-corrected chi connectivity index (χ4v) is 5.68. The van der Waals surface area contributed by atoms with Crippen LogP contribution in [0.1, 0.15) is 46.4 Å². The molecule has 37 heavy (non-hydrogen) atoms. The van der Waals surface area contributed by atoms with Crippen molar-refractivity contribution in [1.29, 1.82) is 0 Å². The molecule has 2 aromatic carbocycles. The normalized spacial score (nSPS) is 21.9. The third kappa shape index (κ3) is 4.44. The standard InChI is InChI=1S/C28H33N7O2/c1-33-24-18-30-28(31-20-12-10-19(11-13-20)26(36)34-16-14-29-15-17-34)35(21-6-2-3-7-21)25(24)32-23-9-5-4-8-22(23)27(33)37/h4-5,8-13,18,21,28-29,31-32H,2-3,6-7,14-17H2,1H3. The molecule has 1 saturated heterocycles. The Morgan fingerprint density at radius 1 is 1.03 bits per heavy atom. The van der Waals surface area contributed by atoms with Crippen molar-refractivity contribution < 1.29 is 9.59 Å². The number of aliphatic imine (C=N–C) groups is 1. The van der Waals surface area contributed by atoms with E-state index in [1.54, 1.807) is 11.1 Å². The second-order valence-electron chi connectivity index (χ2n) is 10.0. The number of nitrogens with zero attached hydrogens (tertiary/aromatic N) is 4. The van der Waals surface area contributed by atoms with Gasteiger partial charge in [-0.25, -0.2) is 4.99 Å². The van der Waals surface area contributed by atoms with Crippen LogP contribution in [-0.4, -0.2) is 78.3 Å². The number of amides is 2. The van der Waals surface area contributed by atoms with E-state index in [1.165, 1.54) is 12.8 Å². The molecule has 1 saturated carbocycles. The molecular formula is C28H33N7O2. The number of carbonyl (C=O) groups is 2. The van der Waals surface area contributed by atoms with Gasteiger partial charge in [0.1, 0.15) is 11.5 Å². The highest BCUT2D eigenvalue weighted by Crippen LogP contribution is 2.36. The predicted octanol–water partition coefficient (Wildman–Crippen LogP) is 3.12. The smallest absolute Gasteiger partial charge is 0.260 e. The van der Waals surface area contributed by atoms with E-state index in [9.17, 15) is 9.59 Å². The summed E-state index contributed by atoms with van der Waals surface area (Å²) in [4.78, 5) is 36.8. The molecule has 0 bridgehead atoms. The van der Waals surface area contributed by atoms with Gasteiger partial charge < -0.3 is 30.7 Å². The molecule has 3 aliphatic heterocycles. The summed E-state index contributed by atoms with van der Waals surface area (Å²) in [5.74, 6) is 0.910. The number of nitrogens with one attached hydrogen (secondary N) is 3. The summed E-state index contributed by atoms with van der Waals surface area (Å²) in [6.07, 6.45) is 5.95. The summed E-state index contributed by atoms with van der Waals surface area (Å²) in [7, 11) is 1.81. The van der Waals surface area contributed by atoms with Crippen LogP contribution in [0.4, 0.5) is 11.4 Å². The number of fused-ring (bicyclic) bond motifs is 1. The Balaban J connectivity index is 1.27. The van der Waals surface area contributed by atoms with E-state index in [0.29, 0.717) is 17.2 Å². The van der Waals surface area contributed by atoms with Crippen LogP contribution in [0.25, 0.3) is 0 Å². The van der Waals surface area contributed by atoms with Crippen LogP contribution < -0.4 is 16.0 Å². The largest absolute Gasteiger partial charge is 0.347 e. The number of rotatable bonds is 4. The number of allylic oxidation sites excluding steroid dienone is 1. The van der Waals surface area contributed by atoms with Crippen molar-refractivity contribution in [3.63, 3.8) is 0 Å². The number of benzene rings is 2. The van der Waals surface area contributed by atoms with Gasteiger partial charge in [-0.1, -0.05) is 25.0 Å². The zero-order valence-corrected chi connectivity index (χ0v) is 21.1. The zero-order valence-electron chi connectivity index (χ0n) is 21.1. The fraction of sp³-hybridized carbons (Fsp3) is 0.393. The molecule has 2 amide bonds. The Kier molecular flexibility index (Phi) is 6.30. The maximum absolute atomic E-state index is 13.2. The van der Waals surface area contributed by atoms with Gasteiger partial charge in [0, 0.05) is 50.5 Å². The SMILES string of the molecule is CN1C(=O)c2ccccc2NC2=C1C=NC(Nc1ccc(C(=O)N3CCNCC3)cc1)N2C1CCCC1. The minimum absolute atomic E-state index is 0.0536. The summed E-state index contributed by atoms with van der Waals surface area (Å²) in [5, 5.41) is 10.4. The van der Waals surface area contributed by atoms with Crippen LogP contribution >= 0.6 is 0 Å². The molecule has 0 spiro atoms. The summed E-state index contributed by atoms with van der Waals surface area (Å²) < 4.78 is 0. The highest BCUT2D eigenvalue weighted by atomic mass is 16.2. The number of piperazine rings is 1. The van der Waals surface area contributed by atoms with Gasteiger partial charge in [0.15, 0.2) is 6.29 Å². The average Bonchev–Trinajstić information content (AvgIpc) is 3.45. The quantitative estimate of drug-likeness (QED) is 0.599. The van der Waals surface area contributed by atoms with Gasteiger partial charge in [-0.15, -0.1) is 0 Å². The number of hydrogen-bond acceptors (Lipinski definition) is 7. The Morgan fingerprint density at radius 3 is 2.51 bits per heavy atom. The van der Waals surface area contributed by atoms with E-state index in [2.05, 4.69) is 20.9 Å². The molecule has 192 valence electrons. The molecule has 2 fully saturated rings. The van der Waals surface area contributed by atoms with E-state index in [0.717, 1.165) is 61.9 Å². The van der Waals surface area contributed by atoms with Crippen LogP contribution in [0, 0.1) is 0 Å². The van der Waals surface area contributed by atoms with Crippen molar-refractivity contribution in [1.82, 2.24) is 20.0 Å². The predicted molar refractivity (Wildman–Crippen MR) is 144 cm³/mol. The summed E-state index contributed by atoms with van der Waals surface area (Å²) >= 11 is 0.